The van der Waals surface area contributed by atoms with E-state index in [4.69, 9.17) is 43.0 Å². The van der Waals surface area contributed by atoms with Crippen molar-refractivity contribution < 1.29 is 52.6 Å². The average molecular weight is 555 g/mol. The van der Waals surface area contributed by atoms with Gasteiger partial charge in [0.1, 0.15) is 0 Å². The number of nitrogens with zero attached hydrogens (tertiary/aromatic N) is 1. The van der Waals surface area contributed by atoms with Crippen molar-refractivity contribution in [3.05, 3.63) is 0 Å². The Bertz CT molecular complexity index is 528. The second-order valence-corrected chi connectivity index (χ2v) is 8.30. The summed E-state index contributed by atoms with van der Waals surface area (Å²) in [5.41, 5.74) is 0. The molecule has 0 aromatic carbocycles. The van der Waals surface area contributed by atoms with E-state index in [0.717, 1.165) is 6.54 Å². The molecule has 0 spiro atoms. The summed E-state index contributed by atoms with van der Waals surface area (Å²) in [4.78, 5) is 23.8. The SMILES string of the molecule is CN(C)CCOCCOCCOCCOCCOCCOCCOCCOCCCNC(=O)CCC(=O)O. The molecule has 1 amide bonds. The van der Waals surface area contributed by atoms with Gasteiger partial charge in [0, 0.05) is 26.1 Å². The Morgan fingerprint density at radius 2 is 0.895 bits per heavy atom. The lowest BCUT2D eigenvalue weighted by molar-refractivity contribution is -0.138. The number of hydrogen-bond acceptors (Lipinski definition) is 11. The summed E-state index contributed by atoms with van der Waals surface area (Å²) in [6.45, 7) is 9.71. The highest BCUT2D eigenvalue weighted by Crippen LogP contribution is 1.90. The molecule has 0 rings (SSSR count). The molecule has 13 heteroatoms. The Kier molecular flexibility index (Phi) is 29.0. The van der Waals surface area contributed by atoms with E-state index in [1.54, 1.807) is 0 Å². The molecular formula is C25H50N2O11. The van der Waals surface area contributed by atoms with Crippen molar-refractivity contribution in [3.63, 3.8) is 0 Å². The number of amides is 1. The van der Waals surface area contributed by atoms with Crippen LogP contribution in [0.15, 0.2) is 0 Å². The Hall–Kier alpha value is -1.42. The maximum Gasteiger partial charge on any atom is 0.303 e. The molecule has 0 aliphatic carbocycles. The number of likely N-dealkylation sites (N-methyl/N-ethyl adjacent to an activating group) is 1. The van der Waals surface area contributed by atoms with E-state index >= 15 is 0 Å². The fourth-order valence-corrected chi connectivity index (χ4v) is 2.60. The van der Waals surface area contributed by atoms with Gasteiger partial charge in [0.2, 0.25) is 5.91 Å². The molecule has 0 bridgehead atoms. The molecule has 13 nitrogen and oxygen atoms in total. The average Bonchev–Trinajstić information content (AvgIpc) is 2.88. The summed E-state index contributed by atoms with van der Waals surface area (Å²) in [5, 5.41) is 11.2. The third kappa shape index (κ3) is 32.6. The van der Waals surface area contributed by atoms with Crippen molar-refractivity contribution in [1.82, 2.24) is 10.2 Å². The molecular weight excluding hydrogens is 504 g/mol. The fraction of sp³-hybridized carbons (Fsp3) is 0.920. The maximum atomic E-state index is 11.3. The molecule has 0 saturated carbocycles. The van der Waals surface area contributed by atoms with Gasteiger partial charge in [-0.2, -0.15) is 0 Å². The molecule has 0 aromatic heterocycles. The molecule has 0 heterocycles. The summed E-state index contributed by atoms with van der Waals surface area (Å²) in [7, 11) is 4.03. The van der Waals surface area contributed by atoms with E-state index in [9.17, 15) is 9.59 Å². The number of aliphatic carboxylic acids is 1. The van der Waals surface area contributed by atoms with Crippen LogP contribution in [0.5, 0.6) is 0 Å². The molecule has 38 heavy (non-hydrogen) atoms. The number of hydrogen-bond donors (Lipinski definition) is 2. The summed E-state index contributed by atoms with van der Waals surface area (Å²) < 4.78 is 43.4. The lowest BCUT2D eigenvalue weighted by Gasteiger charge is -2.10. The zero-order valence-corrected chi connectivity index (χ0v) is 23.3. The van der Waals surface area contributed by atoms with Gasteiger partial charge < -0.3 is 53.2 Å². The van der Waals surface area contributed by atoms with Crippen molar-refractivity contribution in [1.29, 1.82) is 0 Å². The first-order chi connectivity index (χ1) is 18.5. The number of carboxylic acids is 1. The van der Waals surface area contributed by atoms with Crippen molar-refractivity contribution >= 4 is 11.9 Å². The van der Waals surface area contributed by atoms with Crippen molar-refractivity contribution in [2.45, 2.75) is 19.3 Å². The number of rotatable bonds is 31. The Morgan fingerprint density at radius 3 is 1.24 bits per heavy atom. The summed E-state index contributed by atoms with van der Waals surface area (Å²) in [5.74, 6) is -1.24. The number of carbonyl (C=O) groups is 2. The fourth-order valence-electron chi connectivity index (χ4n) is 2.60. The first-order valence-electron chi connectivity index (χ1n) is 13.3. The highest BCUT2D eigenvalue weighted by atomic mass is 16.6. The van der Waals surface area contributed by atoms with Gasteiger partial charge in [0.15, 0.2) is 0 Å². The third-order valence-corrected chi connectivity index (χ3v) is 4.64. The minimum atomic E-state index is -0.979. The molecule has 0 aliphatic rings. The van der Waals surface area contributed by atoms with Gasteiger partial charge in [-0.3, -0.25) is 9.59 Å². The van der Waals surface area contributed by atoms with Crippen LogP contribution in [0.25, 0.3) is 0 Å². The van der Waals surface area contributed by atoms with Gasteiger partial charge in [0.25, 0.3) is 0 Å². The topological polar surface area (TPSA) is 143 Å². The highest BCUT2D eigenvalue weighted by molar-refractivity contribution is 5.80. The number of nitrogens with one attached hydrogen (secondary N) is 1. The van der Waals surface area contributed by atoms with Crippen LogP contribution in [0.3, 0.4) is 0 Å². The molecule has 2 N–H and O–H groups in total. The van der Waals surface area contributed by atoms with Crippen LogP contribution in [0, 0.1) is 0 Å². The molecule has 0 aliphatic heterocycles. The second kappa shape index (κ2) is 30.1. The van der Waals surface area contributed by atoms with Crippen molar-refractivity contribution in [3.8, 4) is 0 Å². The van der Waals surface area contributed by atoms with E-state index in [1.807, 2.05) is 14.1 Å². The van der Waals surface area contributed by atoms with E-state index in [0.29, 0.717) is 119 Å². The highest BCUT2D eigenvalue weighted by Gasteiger charge is 2.04. The normalized spacial score (nSPS) is 11.3. The predicted molar refractivity (Wildman–Crippen MR) is 140 cm³/mol. The zero-order chi connectivity index (χ0) is 27.9. The standard InChI is InChI=1S/C25H50N2O11/c1-27(2)7-9-32-11-13-34-15-17-36-19-21-38-23-22-37-20-18-35-16-14-33-12-10-31-8-3-6-26-24(28)4-5-25(29)30/h3-23H2,1-2H3,(H,26,28)(H,29,30). The maximum absolute atomic E-state index is 11.3. The second-order valence-electron chi connectivity index (χ2n) is 8.30. The van der Waals surface area contributed by atoms with Crippen molar-refractivity contribution in [2.24, 2.45) is 0 Å². The largest absolute Gasteiger partial charge is 0.481 e. The van der Waals surface area contributed by atoms with Crippen molar-refractivity contribution in [2.75, 3.05) is 133 Å². The molecule has 0 fully saturated rings. The van der Waals surface area contributed by atoms with Gasteiger partial charge in [-0.25, -0.2) is 0 Å². The van der Waals surface area contributed by atoms with E-state index in [2.05, 4.69) is 10.2 Å². The van der Waals surface area contributed by atoms with Crippen LogP contribution in [0.1, 0.15) is 19.3 Å². The Morgan fingerprint density at radius 1 is 0.553 bits per heavy atom. The van der Waals surface area contributed by atoms with Gasteiger partial charge in [-0.1, -0.05) is 0 Å². The van der Waals surface area contributed by atoms with Gasteiger partial charge in [-0.05, 0) is 20.5 Å². The van der Waals surface area contributed by atoms with Crippen LogP contribution >= 0.6 is 0 Å². The summed E-state index contributed by atoms with van der Waals surface area (Å²) in [6, 6.07) is 0. The van der Waals surface area contributed by atoms with Gasteiger partial charge in [-0.15, -0.1) is 0 Å². The minimum Gasteiger partial charge on any atom is -0.481 e. The quantitative estimate of drug-likeness (QED) is 0.112. The number of carbonyl (C=O) groups excluding carboxylic acids is 1. The summed E-state index contributed by atoms with van der Waals surface area (Å²) in [6.07, 6.45) is 0.495. The van der Waals surface area contributed by atoms with E-state index < -0.39 is 5.97 Å². The third-order valence-electron chi connectivity index (χ3n) is 4.64. The number of ether oxygens (including phenoxy) is 8. The molecule has 0 radical (unpaired) electrons. The van der Waals surface area contributed by atoms with E-state index in [1.165, 1.54) is 0 Å². The van der Waals surface area contributed by atoms with Gasteiger partial charge in [0.05, 0.1) is 106 Å². The molecule has 0 unspecified atom stereocenters. The van der Waals surface area contributed by atoms with Crippen LogP contribution in [0.4, 0.5) is 0 Å². The molecule has 0 atom stereocenters. The Balaban J connectivity index is 3.08. The summed E-state index contributed by atoms with van der Waals surface area (Å²) >= 11 is 0. The van der Waals surface area contributed by atoms with Crippen LogP contribution in [-0.2, 0) is 47.5 Å². The predicted octanol–water partition coefficient (Wildman–Crippen LogP) is 0.0519. The molecule has 0 saturated heterocycles. The lowest BCUT2D eigenvalue weighted by atomic mass is 10.3. The monoisotopic (exact) mass is 554 g/mol. The Labute approximate surface area is 227 Å². The molecule has 226 valence electrons. The van der Waals surface area contributed by atoms with Crippen LogP contribution < -0.4 is 5.32 Å². The number of carboxylic acid groups (broad SMARTS) is 1. The smallest absolute Gasteiger partial charge is 0.303 e. The first kappa shape index (κ1) is 36.6. The van der Waals surface area contributed by atoms with Crippen LogP contribution in [0.2, 0.25) is 0 Å². The van der Waals surface area contributed by atoms with Crippen LogP contribution in [-0.4, -0.2) is 155 Å². The lowest BCUT2D eigenvalue weighted by Crippen LogP contribution is -2.25. The zero-order valence-electron chi connectivity index (χ0n) is 23.3. The van der Waals surface area contributed by atoms with E-state index in [-0.39, 0.29) is 18.7 Å². The first-order valence-corrected chi connectivity index (χ1v) is 13.3. The molecule has 0 aromatic rings. The van der Waals surface area contributed by atoms with Gasteiger partial charge >= 0.3 is 5.97 Å². The minimum absolute atomic E-state index is 0.00479.